The second-order valence-electron chi connectivity index (χ2n) is 3.86. The van der Waals surface area contributed by atoms with Crippen molar-refractivity contribution in [1.29, 1.82) is 0 Å². The number of rotatable bonds is 4. The van der Waals surface area contributed by atoms with E-state index in [1.807, 2.05) is 24.3 Å². The van der Waals surface area contributed by atoms with E-state index in [1.165, 1.54) is 11.1 Å². The summed E-state index contributed by atoms with van der Waals surface area (Å²) in [6.07, 6.45) is 5.16. The third-order valence-corrected chi connectivity index (χ3v) is 2.78. The Morgan fingerprint density at radius 1 is 1.06 bits per heavy atom. The lowest BCUT2D eigenvalue weighted by atomic mass is 10.2. The third kappa shape index (κ3) is 2.87. The fraction of sp³-hybridized carbons (Fsp3) is 0.231. The van der Waals surface area contributed by atoms with Crippen LogP contribution in [0.15, 0.2) is 42.7 Å². The Kier molecular flexibility index (Phi) is 3.65. The zero-order valence-corrected chi connectivity index (χ0v) is 9.82. The van der Waals surface area contributed by atoms with E-state index in [0.717, 1.165) is 18.0 Å². The van der Waals surface area contributed by atoms with E-state index in [0.29, 0.717) is 6.54 Å². The zero-order chi connectivity index (χ0) is 11.4. The molecule has 2 N–H and O–H groups in total. The fourth-order valence-corrected chi connectivity index (χ4v) is 1.83. The van der Waals surface area contributed by atoms with Gasteiger partial charge in [-0.05, 0) is 42.3 Å². The van der Waals surface area contributed by atoms with E-state index in [4.69, 9.17) is 17.3 Å². The molecule has 0 atom stereocenters. The van der Waals surface area contributed by atoms with Crippen molar-refractivity contribution in [2.24, 2.45) is 5.73 Å². The Balaban J connectivity index is 2.05. The molecule has 0 unspecified atom stereocenters. The second-order valence-corrected chi connectivity index (χ2v) is 4.29. The highest BCUT2D eigenvalue weighted by molar-refractivity contribution is 6.30. The Hall–Kier alpha value is -1.25. The molecule has 1 aromatic heterocycles. The van der Waals surface area contributed by atoms with Crippen LogP contribution in [0.25, 0.3) is 0 Å². The van der Waals surface area contributed by atoms with Crippen molar-refractivity contribution in [3.05, 3.63) is 58.9 Å². The summed E-state index contributed by atoms with van der Waals surface area (Å²) in [5.41, 5.74) is 8.05. The molecule has 1 aromatic carbocycles. The third-order valence-electron chi connectivity index (χ3n) is 2.52. The van der Waals surface area contributed by atoms with Crippen LogP contribution in [0.1, 0.15) is 11.1 Å². The molecular weight excluding hydrogens is 220 g/mol. The predicted octanol–water partition coefficient (Wildman–Crippen LogP) is 2.69. The lowest BCUT2D eigenvalue weighted by Crippen LogP contribution is -2.02. The van der Waals surface area contributed by atoms with Crippen molar-refractivity contribution >= 4 is 11.6 Å². The molecule has 2 nitrogen and oxygen atoms in total. The number of hydrogen-bond acceptors (Lipinski definition) is 1. The normalized spacial score (nSPS) is 10.6. The summed E-state index contributed by atoms with van der Waals surface area (Å²) in [5, 5.41) is 0.778. The molecule has 0 saturated heterocycles. The van der Waals surface area contributed by atoms with E-state index in [9.17, 15) is 0 Å². The molecule has 0 spiro atoms. The predicted molar refractivity (Wildman–Crippen MR) is 67.7 cm³/mol. The average Bonchev–Trinajstić information content (AvgIpc) is 2.70. The van der Waals surface area contributed by atoms with Crippen molar-refractivity contribution in [3.8, 4) is 0 Å². The maximum absolute atomic E-state index is 5.84. The highest BCUT2D eigenvalue weighted by atomic mass is 35.5. The summed E-state index contributed by atoms with van der Waals surface area (Å²) in [7, 11) is 0. The first-order chi connectivity index (χ1) is 7.78. The summed E-state index contributed by atoms with van der Waals surface area (Å²) in [6, 6.07) is 10.0. The van der Waals surface area contributed by atoms with Crippen LogP contribution in [-0.2, 0) is 13.0 Å². The number of hydrogen-bond donors (Lipinski definition) is 1. The topological polar surface area (TPSA) is 30.9 Å². The van der Waals surface area contributed by atoms with E-state index in [2.05, 4.69) is 23.0 Å². The van der Waals surface area contributed by atoms with Crippen LogP contribution in [0.4, 0.5) is 0 Å². The van der Waals surface area contributed by atoms with Gasteiger partial charge in [-0.2, -0.15) is 0 Å². The van der Waals surface area contributed by atoms with E-state index in [-0.39, 0.29) is 0 Å². The summed E-state index contributed by atoms with van der Waals surface area (Å²) in [5.74, 6) is 0. The maximum Gasteiger partial charge on any atom is 0.0470 e. The largest absolute Gasteiger partial charge is 0.350 e. The van der Waals surface area contributed by atoms with Gasteiger partial charge in [0, 0.05) is 24.0 Å². The molecule has 0 bridgehead atoms. The molecule has 2 aromatic rings. The highest BCUT2D eigenvalue weighted by Gasteiger charge is 1.97. The molecule has 0 radical (unpaired) electrons. The number of nitrogens with zero attached hydrogens (tertiary/aromatic N) is 1. The van der Waals surface area contributed by atoms with Crippen LogP contribution in [0.5, 0.6) is 0 Å². The van der Waals surface area contributed by atoms with E-state index >= 15 is 0 Å². The van der Waals surface area contributed by atoms with Crippen molar-refractivity contribution in [3.63, 3.8) is 0 Å². The Bertz CT molecular complexity index is 445. The van der Waals surface area contributed by atoms with Crippen LogP contribution in [0.2, 0.25) is 5.02 Å². The smallest absolute Gasteiger partial charge is 0.0470 e. The van der Waals surface area contributed by atoms with Crippen LogP contribution in [0.3, 0.4) is 0 Å². The first kappa shape index (κ1) is 11.2. The van der Waals surface area contributed by atoms with Gasteiger partial charge in [0.25, 0.3) is 0 Å². The molecule has 0 aliphatic rings. The molecular formula is C13H15ClN2. The zero-order valence-electron chi connectivity index (χ0n) is 9.07. The molecule has 0 fully saturated rings. The van der Waals surface area contributed by atoms with Gasteiger partial charge in [0.15, 0.2) is 0 Å². The number of benzene rings is 1. The van der Waals surface area contributed by atoms with Crippen LogP contribution >= 0.6 is 11.6 Å². The fourth-order valence-electron chi connectivity index (χ4n) is 1.70. The quantitative estimate of drug-likeness (QED) is 0.867. The van der Waals surface area contributed by atoms with E-state index in [1.54, 1.807) is 0 Å². The average molecular weight is 235 g/mol. The van der Waals surface area contributed by atoms with Crippen molar-refractivity contribution in [2.75, 3.05) is 6.54 Å². The first-order valence-electron chi connectivity index (χ1n) is 5.37. The van der Waals surface area contributed by atoms with Crippen molar-refractivity contribution in [2.45, 2.75) is 13.0 Å². The van der Waals surface area contributed by atoms with Crippen molar-refractivity contribution < 1.29 is 0 Å². The van der Waals surface area contributed by atoms with Gasteiger partial charge in [0.2, 0.25) is 0 Å². The van der Waals surface area contributed by atoms with Gasteiger partial charge >= 0.3 is 0 Å². The minimum absolute atomic E-state index is 0.699. The molecule has 0 amide bonds. The molecule has 1 heterocycles. The van der Waals surface area contributed by atoms with Crippen LogP contribution in [-0.4, -0.2) is 11.1 Å². The van der Waals surface area contributed by atoms with Crippen LogP contribution < -0.4 is 5.73 Å². The number of aromatic nitrogens is 1. The van der Waals surface area contributed by atoms with Crippen LogP contribution in [0, 0.1) is 0 Å². The molecule has 0 aliphatic carbocycles. The monoisotopic (exact) mass is 234 g/mol. The molecule has 16 heavy (non-hydrogen) atoms. The lowest BCUT2D eigenvalue weighted by Gasteiger charge is -2.03. The Morgan fingerprint density at radius 2 is 1.81 bits per heavy atom. The van der Waals surface area contributed by atoms with Gasteiger partial charge in [-0.3, -0.25) is 0 Å². The lowest BCUT2D eigenvalue weighted by molar-refractivity contribution is 0.800. The van der Waals surface area contributed by atoms with Gasteiger partial charge < -0.3 is 10.3 Å². The molecule has 2 rings (SSSR count). The summed E-state index contributed by atoms with van der Waals surface area (Å²) in [4.78, 5) is 0. The van der Waals surface area contributed by atoms with Gasteiger partial charge in [0.05, 0.1) is 0 Å². The molecule has 3 heteroatoms. The summed E-state index contributed by atoms with van der Waals surface area (Å²) >= 11 is 5.84. The molecule has 84 valence electrons. The first-order valence-corrected chi connectivity index (χ1v) is 5.75. The van der Waals surface area contributed by atoms with Gasteiger partial charge in [-0.25, -0.2) is 0 Å². The number of nitrogens with two attached hydrogens (primary N) is 1. The summed E-state index contributed by atoms with van der Waals surface area (Å²) in [6.45, 7) is 1.58. The Labute approximate surface area is 101 Å². The standard InChI is InChI=1S/C13H15ClN2/c14-13-3-1-11(2-4-13)9-16-8-6-12(10-16)5-7-15/h1-4,6,8,10H,5,7,9,15H2. The molecule has 0 saturated carbocycles. The molecule has 0 aliphatic heterocycles. The van der Waals surface area contributed by atoms with Crippen molar-refractivity contribution in [1.82, 2.24) is 4.57 Å². The Morgan fingerprint density at radius 3 is 2.50 bits per heavy atom. The second kappa shape index (κ2) is 5.19. The van der Waals surface area contributed by atoms with Gasteiger partial charge in [-0.15, -0.1) is 0 Å². The minimum Gasteiger partial charge on any atom is -0.350 e. The highest BCUT2D eigenvalue weighted by Crippen LogP contribution is 2.11. The van der Waals surface area contributed by atoms with Gasteiger partial charge in [-0.1, -0.05) is 23.7 Å². The minimum atomic E-state index is 0.699. The van der Waals surface area contributed by atoms with E-state index < -0.39 is 0 Å². The summed E-state index contributed by atoms with van der Waals surface area (Å²) < 4.78 is 2.16. The SMILES string of the molecule is NCCc1ccn(Cc2ccc(Cl)cc2)c1. The number of halogens is 1. The van der Waals surface area contributed by atoms with Gasteiger partial charge in [0.1, 0.15) is 0 Å². The maximum atomic E-state index is 5.84.